The highest BCUT2D eigenvalue weighted by Gasteiger charge is 2.43. The van der Waals surface area contributed by atoms with E-state index < -0.39 is 0 Å². The number of rotatable bonds is 4. The topological polar surface area (TPSA) is 55.1 Å². The van der Waals surface area contributed by atoms with Crippen LogP contribution in [0.2, 0.25) is 0 Å². The van der Waals surface area contributed by atoms with Gasteiger partial charge in [-0.25, -0.2) is 0 Å². The van der Waals surface area contributed by atoms with Gasteiger partial charge in [0.1, 0.15) is 0 Å². The lowest BCUT2D eigenvalue weighted by atomic mass is 9.86. The summed E-state index contributed by atoms with van der Waals surface area (Å²) in [5, 5.41) is 3.14. The number of hydrogen-bond donors (Lipinski definition) is 2. The summed E-state index contributed by atoms with van der Waals surface area (Å²) in [5.74, 6) is 1.44. The largest absolute Gasteiger partial charge is 0.356 e. The summed E-state index contributed by atoms with van der Waals surface area (Å²) in [5.41, 5.74) is 7.29. The molecular formula is C17H24N2O. The van der Waals surface area contributed by atoms with Crippen molar-refractivity contribution in [1.82, 2.24) is 5.32 Å². The first-order chi connectivity index (χ1) is 9.74. The molecule has 2 saturated carbocycles. The fourth-order valence-corrected chi connectivity index (χ4v) is 3.45. The first-order valence-electron chi connectivity index (χ1n) is 7.82. The monoisotopic (exact) mass is 272 g/mol. The third kappa shape index (κ3) is 3.21. The van der Waals surface area contributed by atoms with Crippen LogP contribution in [0.4, 0.5) is 0 Å². The molecule has 0 aliphatic heterocycles. The average molecular weight is 272 g/mol. The zero-order chi connectivity index (χ0) is 13.9. The predicted octanol–water partition coefficient (Wildman–Crippen LogP) is 2.42. The molecule has 2 aliphatic rings. The molecule has 2 fully saturated rings. The summed E-state index contributed by atoms with van der Waals surface area (Å²) in [6.07, 6.45) is 5.62. The van der Waals surface area contributed by atoms with Gasteiger partial charge in [-0.2, -0.15) is 0 Å². The summed E-state index contributed by atoms with van der Waals surface area (Å²) in [6.45, 7) is 0.810. The van der Waals surface area contributed by atoms with E-state index >= 15 is 0 Å². The van der Waals surface area contributed by atoms with E-state index in [1.807, 2.05) is 18.2 Å². The van der Waals surface area contributed by atoms with Crippen molar-refractivity contribution < 1.29 is 4.79 Å². The second kappa shape index (κ2) is 5.96. The van der Waals surface area contributed by atoms with Gasteiger partial charge in [0.05, 0.1) is 0 Å². The number of carbonyl (C=O) groups excluding carboxylic acids is 1. The molecule has 0 bridgehead atoms. The first kappa shape index (κ1) is 13.6. The van der Waals surface area contributed by atoms with E-state index in [1.165, 1.54) is 18.4 Å². The lowest BCUT2D eigenvalue weighted by Gasteiger charge is -2.26. The maximum atomic E-state index is 12.2. The van der Waals surface area contributed by atoms with Crippen LogP contribution in [-0.2, 0) is 4.79 Å². The van der Waals surface area contributed by atoms with Gasteiger partial charge >= 0.3 is 0 Å². The number of nitrogens with one attached hydrogen (secondary N) is 1. The average Bonchev–Trinajstić information content (AvgIpc) is 3.26. The van der Waals surface area contributed by atoms with Crippen LogP contribution in [0.25, 0.3) is 0 Å². The first-order valence-corrected chi connectivity index (χ1v) is 7.82. The highest BCUT2D eigenvalue weighted by molar-refractivity contribution is 5.82. The van der Waals surface area contributed by atoms with Gasteiger partial charge in [-0.05, 0) is 43.1 Å². The van der Waals surface area contributed by atoms with Crippen LogP contribution < -0.4 is 11.1 Å². The minimum Gasteiger partial charge on any atom is -0.356 e. The molecule has 0 saturated heterocycles. The molecule has 3 nitrogen and oxygen atoms in total. The van der Waals surface area contributed by atoms with Crippen molar-refractivity contribution in [3.63, 3.8) is 0 Å². The zero-order valence-corrected chi connectivity index (χ0v) is 11.9. The Morgan fingerprint density at radius 3 is 2.75 bits per heavy atom. The van der Waals surface area contributed by atoms with Crippen molar-refractivity contribution in [3.8, 4) is 0 Å². The molecule has 1 aromatic rings. The normalized spacial score (nSPS) is 32.6. The Kier molecular flexibility index (Phi) is 4.06. The molecule has 0 heterocycles. The Bertz CT molecular complexity index is 459. The van der Waals surface area contributed by atoms with E-state index in [1.54, 1.807) is 0 Å². The van der Waals surface area contributed by atoms with Gasteiger partial charge in [-0.3, -0.25) is 4.79 Å². The minimum atomic E-state index is 0.190. The third-order valence-electron chi connectivity index (χ3n) is 4.74. The molecular weight excluding hydrogens is 248 g/mol. The Labute approximate surface area is 120 Å². The van der Waals surface area contributed by atoms with Crippen LogP contribution >= 0.6 is 0 Å². The molecule has 20 heavy (non-hydrogen) atoms. The maximum Gasteiger partial charge on any atom is 0.223 e. The Balaban J connectivity index is 1.44. The summed E-state index contributed by atoms with van der Waals surface area (Å²) < 4.78 is 0. The minimum absolute atomic E-state index is 0.190. The fourth-order valence-electron chi connectivity index (χ4n) is 3.45. The molecule has 1 amide bonds. The number of amides is 1. The summed E-state index contributed by atoms with van der Waals surface area (Å²) in [6, 6.07) is 10.7. The van der Waals surface area contributed by atoms with E-state index in [2.05, 4.69) is 17.4 Å². The predicted molar refractivity (Wildman–Crippen MR) is 80.2 cm³/mol. The van der Waals surface area contributed by atoms with Crippen molar-refractivity contribution >= 4 is 5.91 Å². The molecule has 3 heteroatoms. The zero-order valence-electron chi connectivity index (χ0n) is 11.9. The van der Waals surface area contributed by atoms with Crippen LogP contribution in [-0.4, -0.2) is 18.5 Å². The standard InChI is InChI=1S/C17H24N2O/c18-14-8-4-5-12(9-14)11-19-17(20)16-10-15(16)13-6-2-1-3-7-13/h1-3,6-7,12,14-16H,4-5,8-11,18H2,(H,19,20). The lowest BCUT2D eigenvalue weighted by Crippen LogP contribution is -2.36. The van der Waals surface area contributed by atoms with E-state index in [-0.39, 0.29) is 11.8 Å². The van der Waals surface area contributed by atoms with Crippen molar-refractivity contribution in [2.24, 2.45) is 17.6 Å². The van der Waals surface area contributed by atoms with Crippen molar-refractivity contribution in [2.45, 2.75) is 44.1 Å². The molecule has 2 aliphatic carbocycles. The summed E-state index contributed by atoms with van der Waals surface area (Å²) in [7, 11) is 0. The van der Waals surface area contributed by atoms with Gasteiger partial charge in [0.15, 0.2) is 0 Å². The van der Waals surface area contributed by atoms with Crippen LogP contribution in [0.5, 0.6) is 0 Å². The van der Waals surface area contributed by atoms with Crippen LogP contribution in [0.3, 0.4) is 0 Å². The van der Waals surface area contributed by atoms with Crippen molar-refractivity contribution in [3.05, 3.63) is 35.9 Å². The van der Waals surface area contributed by atoms with E-state index in [0.29, 0.717) is 17.9 Å². The molecule has 4 unspecified atom stereocenters. The van der Waals surface area contributed by atoms with Crippen LogP contribution in [0, 0.1) is 11.8 Å². The smallest absolute Gasteiger partial charge is 0.223 e. The van der Waals surface area contributed by atoms with Gasteiger partial charge < -0.3 is 11.1 Å². The van der Waals surface area contributed by atoms with E-state index in [0.717, 1.165) is 25.8 Å². The van der Waals surface area contributed by atoms with Crippen molar-refractivity contribution in [2.75, 3.05) is 6.54 Å². The molecule has 3 N–H and O–H groups in total. The van der Waals surface area contributed by atoms with Gasteiger partial charge in [0.25, 0.3) is 0 Å². The van der Waals surface area contributed by atoms with Gasteiger partial charge in [0.2, 0.25) is 5.91 Å². The molecule has 0 aromatic heterocycles. The number of hydrogen-bond acceptors (Lipinski definition) is 2. The Morgan fingerprint density at radius 2 is 2.00 bits per heavy atom. The Morgan fingerprint density at radius 1 is 1.20 bits per heavy atom. The van der Waals surface area contributed by atoms with Gasteiger partial charge in [0, 0.05) is 18.5 Å². The van der Waals surface area contributed by atoms with Crippen molar-refractivity contribution in [1.29, 1.82) is 0 Å². The number of benzene rings is 1. The van der Waals surface area contributed by atoms with Gasteiger partial charge in [-0.1, -0.05) is 36.8 Å². The quantitative estimate of drug-likeness (QED) is 0.884. The SMILES string of the molecule is NC1CCCC(CNC(=O)C2CC2c2ccccc2)C1. The number of nitrogens with two attached hydrogens (primary N) is 1. The molecule has 0 spiro atoms. The van der Waals surface area contributed by atoms with E-state index in [4.69, 9.17) is 5.73 Å². The summed E-state index contributed by atoms with van der Waals surface area (Å²) in [4.78, 5) is 12.2. The van der Waals surface area contributed by atoms with Gasteiger partial charge in [-0.15, -0.1) is 0 Å². The molecule has 1 aromatic carbocycles. The number of carbonyl (C=O) groups is 1. The second-order valence-electron chi connectivity index (χ2n) is 6.40. The molecule has 0 radical (unpaired) electrons. The maximum absolute atomic E-state index is 12.2. The Hall–Kier alpha value is -1.35. The van der Waals surface area contributed by atoms with Crippen LogP contribution in [0.1, 0.15) is 43.6 Å². The third-order valence-corrected chi connectivity index (χ3v) is 4.74. The molecule has 108 valence electrons. The highest BCUT2D eigenvalue weighted by atomic mass is 16.2. The molecule has 3 rings (SSSR count). The molecule has 4 atom stereocenters. The van der Waals surface area contributed by atoms with Crippen LogP contribution in [0.15, 0.2) is 30.3 Å². The highest BCUT2D eigenvalue weighted by Crippen LogP contribution is 2.47. The fraction of sp³-hybridized carbons (Fsp3) is 0.588. The van der Waals surface area contributed by atoms with E-state index in [9.17, 15) is 4.79 Å². The summed E-state index contributed by atoms with van der Waals surface area (Å²) >= 11 is 0. The lowest BCUT2D eigenvalue weighted by molar-refractivity contribution is -0.122. The second-order valence-corrected chi connectivity index (χ2v) is 6.40.